The number of hydrogen-bond acceptors (Lipinski definition) is 6. The molecular weight excluding hydrogens is 412 g/mol. The number of rotatable bonds is 8. The third kappa shape index (κ3) is 7.55. The summed E-state index contributed by atoms with van der Waals surface area (Å²) >= 11 is 0. The van der Waals surface area contributed by atoms with Crippen LogP contribution in [-0.4, -0.2) is 48.2 Å². The fourth-order valence-corrected chi connectivity index (χ4v) is 3.57. The zero-order valence-electron chi connectivity index (χ0n) is 18.0. The normalized spacial score (nSPS) is 16.6. The second kappa shape index (κ2) is 12.7. The van der Waals surface area contributed by atoms with Gasteiger partial charge in [0.1, 0.15) is 13.2 Å². The lowest BCUT2D eigenvalue weighted by Gasteiger charge is -2.33. The number of carbonyl (C=O) groups excluding carboxylic acids is 2. The van der Waals surface area contributed by atoms with E-state index in [4.69, 9.17) is 14.2 Å². The molecule has 3 rings (SSSR count). The van der Waals surface area contributed by atoms with E-state index in [2.05, 4.69) is 5.43 Å². The summed E-state index contributed by atoms with van der Waals surface area (Å²) in [5, 5.41) is 11.0. The van der Waals surface area contributed by atoms with E-state index in [0.717, 1.165) is 29.0 Å². The minimum atomic E-state index is -0.802. The van der Waals surface area contributed by atoms with Crippen LogP contribution in [0.25, 0.3) is 0 Å². The molecule has 2 atom stereocenters. The Balaban J connectivity index is 1.63. The standard InChI is InChI=1S/C24H30N2O6/c27-15-22(14-21-12-7-13-30-16-21)26(24(29)32-18-20-10-5-2-6-11-20)25-23(28)31-17-19-8-3-1-4-9-19/h1-6,8-11,21-22,27H,7,12-18H2,(H,25,28)/t21?,22-/m0/s1. The van der Waals surface area contributed by atoms with E-state index in [0.29, 0.717) is 19.6 Å². The van der Waals surface area contributed by atoms with Crippen LogP contribution in [0.5, 0.6) is 0 Å². The number of aliphatic hydroxyl groups excluding tert-OH is 1. The van der Waals surface area contributed by atoms with Crippen molar-refractivity contribution in [3.8, 4) is 0 Å². The van der Waals surface area contributed by atoms with E-state index in [1.165, 1.54) is 0 Å². The lowest BCUT2D eigenvalue weighted by Crippen LogP contribution is -2.54. The molecule has 1 unspecified atom stereocenters. The fraction of sp³-hybridized carbons (Fsp3) is 0.417. The van der Waals surface area contributed by atoms with E-state index in [9.17, 15) is 14.7 Å². The maximum atomic E-state index is 12.9. The second-order valence-electron chi connectivity index (χ2n) is 7.74. The van der Waals surface area contributed by atoms with Crippen LogP contribution < -0.4 is 5.43 Å². The maximum Gasteiger partial charge on any atom is 0.429 e. The topological polar surface area (TPSA) is 97.3 Å². The molecule has 32 heavy (non-hydrogen) atoms. The maximum absolute atomic E-state index is 12.9. The number of hydrazine groups is 1. The van der Waals surface area contributed by atoms with Crippen molar-refractivity contribution in [2.75, 3.05) is 19.8 Å². The van der Waals surface area contributed by atoms with Gasteiger partial charge in [-0.15, -0.1) is 0 Å². The molecule has 0 bridgehead atoms. The number of carbonyl (C=O) groups is 2. The van der Waals surface area contributed by atoms with Crippen LogP contribution in [0.4, 0.5) is 9.59 Å². The zero-order chi connectivity index (χ0) is 22.6. The van der Waals surface area contributed by atoms with Crippen LogP contribution in [-0.2, 0) is 27.4 Å². The number of amides is 2. The Morgan fingerprint density at radius 1 is 1.03 bits per heavy atom. The molecule has 172 valence electrons. The summed E-state index contributed by atoms with van der Waals surface area (Å²) < 4.78 is 16.2. The van der Waals surface area contributed by atoms with Crippen molar-refractivity contribution in [2.24, 2.45) is 5.92 Å². The first-order valence-corrected chi connectivity index (χ1v) is 10.8. The summed E-state index contributed by atoms with van der Waals surface area (Å²) in [7, 11) is 0. The number of hydrogen-bond donors (Lipinski definition) is 2. The predicted molar refractivity (Wildman–Crippen MR) is 117 cm³/mol. The SMILES string of the molecule is O=C(NN(C(=O)OCc1ccccc1)[C@H](CO)CC1CCCOC1)OCc1ccccc1. The molecule has 8 nitrogen and oxygen atoms in total. The van der Waals surface area contributed by atoms with Crippen LogP contribution >= 0.6 is 0 Å². The number of ether oxygens (including phenoxy) is 3. The summed E-state index contributed by atoms with van der Waals surface area (Å²) in [4.78, 5) is 25.3. The van der Waals surface area contributed by atoms with Crippen LogP contribution in [0, 0.1) is 5.92 Å². The molecule has 1 fully saturated rings. The lowest BCUT2D eigenvalue weighted by atomic mass is 9.94. The summed E-state index contributed by atoms with van der Waals surface area (Å²) in [6.45, 7) is 1.03. The molecule has 1 saturated heterocycles. The molecule has 0 aliphatic carbocycles. The van der Waals surface area contributed by atoms with Gasteiger partial charge in [0, 0.05) is 13.2 Å². The number of aliphatic hydroxyl groups is 1. The van der Waals surface area contributed by atoms with E-state index < -0.39 is 18.2 Å². The highest BCUT2D eigenvalue weighted by molar-refractivity contribution is 5.74. The number of nitrogens with one attached hydrogen (secondary N) is 1. The highest BCUT2D eigenvalue weighted by Gasteiger charge is 2.30. The lowest BCUT2D eigenvalue weighted by molar-refractivity contribution is 0.00540. The quantitative estimate of drug-likeness (QED) is 0.606. The van der Waals surface area contributed by atoms with Gasteiger partial charge in [-0.1, -0.05) is 60.7 Å². The third-order valence-corrected chi connectivity index (χ3v) is 5.26. The van der Waals surface area contributed by atoms with Gasteiger partial charge in [0.25, 0.3) is 0 Å². The Labute approximate surface area is 188 Å². The van der Waals surface area contributed by atoms with Crippen LogP contribution in [0.3, 0.4) is 0 Å². The first-order valence-electron chi connectivity index (χ1n) is 10.8. The van der Waals surface area contributed by atoms with Gasteiger partial charge < -0.3 is 19.3 Å². The van der Waals surface area contributed by atoms with Gasteiger partial charge >= 0.3 is 12.2 Å². The molecule has 1 heterocycles. The molecule has 0 spiro atoms. The second-order valence-corrected chi connectivity index (χ2v) is 7.74. The Morgan fingerprint density at radius 3 is 2.22 bits per heavy atom. The molecule has 2 aromatic rings. The van der Waals surface area contributed by atoms with E-state index in [1.54, 1.807) is 0 Å². The Hall–Kier alpha value is -3.10. The summed E-state index contributed by atoms with van der Waals surface area (Å²) in [6, 6.07) is 17.8. The molecule has 2 aromatic carbocycles. The minimum Gasteiger partial charge on any atom is -0.443 e. The molecule has 2 N–H and O–H groups in total. The molecule has 2 amide bonds. The highest BCUT2D eigenvalue weighted by Crippen LogP contribution is 2.21. The first-order chi connectivity index (χ1) is 15.7. The van der Waals surface area contributed by atoms with Gasteiger partial charge in [-0.25, -0.2) is 20.0 Å². The van der Waals surface area contributed by atoms with Crippen molar-refractivity contribution >= 4 is 12.2 Å². The van der Waals surface area contributed by atoms with E-state index in [1.807, 2.05) is 60.7 Å². The van der Waals surface area contributed by atoms with Crippen LogP contribution in [0.1, 0.15) is 30.4 Å². The van der Waals surface area contributed by atoms with Crippen molar-refractivity contribution in [3.63, 3.8) is 0 Å². The predicted octanol–water partition coefficient (Wildman–Crippen LogP) is 3.64. The van der Waals surface area contributed by atoms with Gasteiger partial charge in [0.2, 0.25) is 0 Å². The van der Waals surface area contributed by atoms with E-state index >= 15 is 0 Å². The smallest absolute Gasteiger partial charge is 0.429 e. The first kappa shape index (κ1) is 23.6. The zero-order valence-corrected chi connectivity index (χ0v) is 18.0. The Kier molecular flexibility index (Phi) is 9.34. The fourth-order valence-electron chi connectivity index (χ4n) is 3.57. The molecule has 1 aliphatic heterocycles. The van der Waals surface area contributed by atoms with Gasteiger partial charge in [-0.05, 0) is 36.3 Å². The van der Waals surface area contributed by atoms with Crippen LogP contribution in [0.15, 0.2) is 60.7 Å². The molecule has 8 heteroatoms. The van der Waals surface area contributed by atoms with Crippen molar-refractivity contribution in [2.45, 2.75) is 38.5 Å². The van der Waals surface area contributed by atoms with Gasteiger partial charge in [-0.2, -0.15) is 0 Å². The minimum absolute atomic E-state index is 0.0433. The average molecular weight is 443 g/mol. The largest absolute Gasteiger partial charge is 0.443 e. The summed E-state index contributed by atoms with van der Waals surface area (Å²) in [5.74, 6) is 0.174. The van der Waals surface area contributed by atoms with Gasteiger partial charge in [0.05, 0.1) is 12.6 Å². The average Bonchev–Trinajstić information content (AvgIpc) is 2.85. The highest BCUT2D eigenvalue weighted by atomic mass is 16.6. The van der Waals surface area contributed by atoms with E-state index in [-0.39, 0.29) is 25.7 Å². The number of nitrogens with zero attached hydrogens (tertiary/aromatic N) is 1. The molecule has 0 aromatic heterocycles. The third-order valence-electron chi connectivity index (χ3n) is 5.26. The van der Waals surface area contributed by atoms with Gasteiger partial charge in [0.15, 0.2) is 0 Å². The van der Waals surface area contributed by atoms with Crippen molar-refractivity contribution < 1.29 is 28.9 Å². The van der Waals surface area contributed by atoms with Crippen LogP contribution in [0.2, 0.25) is 0 Å². The monoisotopic (exact) mass is 442 g/mol. The molecular formula is C24H30N2O6. The molecule has 0 saturated carbocycles. The molecule has 1 aliphatic rings. The Bertz CT molecular complexity index is 827. The van der Waals surface area contributed by atoms with Gasteiger partial charge in [-0.3, -0.25) is 0 Å². The van der Waals surface area contributed by atoms with Crippen molar-refractivity contribution in [1.29, 1.82) is 0 Å². The summed E-state index contributed by atoms with van der Waals surface area (Å²) in [6.07, 6.45) is 0.760. The van der Waals surface area contributed by atoms with Crippen molar-refractivity contribution in [1.82, 2.24) is 10.4 Å². The molecule has 0 radical (unpaired) electrons. The Morgan fingerprint density at radius 2 is 1.66 bits per heavy atom. The van der Waals surface area contributed by atoms with Crippen molar-refractivity contribution in [3.05, 3.63) is 71.8 Å². The summed E-state index contributed by atoms with van der Waals surface area (Å²) in [5.41, 5.74) is 4.09. The number of benzene rings is 2.